The minimum absolute atomic E-state index is 0.0503. The van der Waals surface area contributed by atoms with E-state index in [1.807, 2.05) is 0 Å². The lowest BCUT2D eigenvalue weighted by atomic mass is 10.0. The highest BCUT2D eigenvalue weighted by Gasteiger charge is 2.27. The van der Waals surface area contributed by atoms with Crippen molar-refractivity contribution in [1.82, 2.24) is 9.36 Å². The lowest BCUT2D eigenvalue weighted by Crippen LogP contribution is -2.27. The lowest BCUT2D eigenvalue weighted by Gasteiger charge is -2.17. The summed E-state index contributed by atoms with van der Waals surface area (Å²) in [4.78, 5) is 12.8. The minimum atomic E-state index is -0.238. The Morgan fingerprint density at radius 2 is 1.62 bits per heavy atom. The Labute approximate surface area is 140 Å². The second-order valence-corrected chi connectivity index (χ2v) is 5.59. The van der Waals surface area contributed by atoms with Gasteiger partial charge in [0.05, 0.1) is 19.8 Å². The van der Waals surface area contributed by atoms with E-state index in [0.29, 0.717) is 30.2 Å². The largest absolute Gasteiger partial charge is 0.496 e. The van der Waals surface area contributed by atoms with Gasteiger partial charge < -0.3 is 14.6 Å². The number of aromatic nitrogens is 2. The van der Waals surface area contributed by atoms with Crippen LogP contribution in [0.4, 0.5) is 0 Å². The third-order valence-electron chi connectivity index (χ3n) is 4.22. The van der Waals surface area contributed by atoms with E-state index in [9.17, 15) is 9.90 Å². The van der Waals surface area contributed by atoms with Crippen LogP contribution in [0.5, 0.6) is 17.4 Å². The Bertz CT molecular complexity index is 871. The molecule has 0 unspecified atom stereocenters. The van der Waals surface area contributed by atoms with Crippen LogP contribution in [0.25, 0.3) is 11.1 Å². The molecule has 1 N–H and O–H groups in total. The Kier molecular flexibility index (Phi) is 4.26. The van der Waals surface area contributed by atoms with Crippen molar-refractivity contribution in [2.24, 2.45) is 0 Å². The van der Waals surface area contributed by atoms with Crippen molar-refractivity contribution in [2.45, 2.75) is 32.9 Å². The van der Waals surface area contributed by atoms with Gasteiger partial charge in [-0.1, -0.05) is 5.92 Å². The highest BCUT2D eigenvalue weighted by Crippen LogP contribution is 2.42. The standard InChI is InChI=1S/C18H20N2O4/c1-4-7-12-10-13(23-2)15(14(11-12)24-3)16-17(21)19-8-5-6-9-20(19)18(16)22/h10-11,21H,5-6,8-9H2,1-3H3. The normalized spacial score (nSPS) is 13.0. The number of rotatable bonds is 3. The average molecular weight is 328 g/mol. The van der Waals surface area contributed by atoms with E-state index >= 15 is 0 Å². The average Bonchev–Trinajstić information content (AvgIpc) is 2.86. The molecular weight excluding hydrogens is 308 g/mol. The summed E-state index contributed by atoms with van der Waals surface area (Å²) < 4.78 is 14.1. The number of methoxy groups -OCH3 is 2. The first-order chi connectivity index (χ1) is 11.6. The van der Waals surface area contributed by atoms with Crippen molar-refractivity contribution in [1.29, 1.82) is 0 Å². The van der Waals surface area contributed by atoms with Crippen molar-refractivity contribution in [3.8, 4) is 40.3 Å². The number of fused-ring (bicyclic) bond motifs is 1. The summed E-state index contributed by atoms with van der Waals surface area (Å²) in [7, 11) is 3.04. The molecule has 24 heavy (non-hydrogen) atoms. The molecule has 1 aliphatic heterocycles. The van der Waals surface area contributed by atoms with Crippen LogP contribution in [0.1, 0.15) is 25.3 Å². The fourth-order valence-corrected chi connectivity index (χ4v) is 3.14. The van der Waals surface area contributed by atoms with Crippen molar-refractivity contribution in [2.75, 3.05) is 14.2 Å². The van der Waals surface area contributed by atoms with Crippen LogP contribution >= 0.6 is 0 Å². The number of hydrogen-bond acceptors (Lipinski definition) is 4. The van der Waals surface area contributed by atoms with E-state index in [4.69, 9.17) is 9.47 Å². The maximum Gasteiger partial charge on any atom is 0.278 e. The topological polar surface area (TPSA) is 65.6 Å². The first-order valence-corrected chi connectivity index (χ1v) is 7.84. The van der Waals surface area contributed by atoms with Crippen LogP contribution in [-0.2, 0) is 13.1 Å². The number of nitrogens with zero attached hydrogens (tertiary/aromatic N) is 2. The summed E-state index contributed by atoms with van der Waals surface area (Å²) in [6.45, 7) is 2.95. The van der Waals surface area contributed by atoms with Crippen molar-refractivity contribution in [3.63, 3.8) is 0 Å². The molecule has 1 aromatic heterocycles. The smallest absolute Gasteiger partial charge is 0.278 e. The molecule has 0 amide bonds. The number of benzene rings is 1. The maximum atomic E-state index is 12.8. The highest BCUT2D eigenvalue weighted by molar-refractivity contribution is 5.81. The molecule has 3 rings (SSSR count). The van der Waals surface area contributed by atoms with Gasteiger partial charge in [-0.2, -0.15) is 0 Å². The van der Waals surface area contributed by atoms with Gasteiger partial charge >= 0.3 is 0 Å². The van der Waals surface area contributed by atoms with Gasteiger partial charge in [0.2, 0.25) is 5.88 Å². The molecule has 0 saturated carbocycles. The van der Waals surface area contributed by atoms with Crippen LogP contribution in [0.2, 0.25) is 0 Å². The third-order valence-corrected chi connectivity index (χ3v) is 4.22. The first-order valence-electron chi connectivity index (χ1n) is 7.84. The molecule has 0 spiro atoms. The summed E-state index contributed by atoms with van der Waals surface area (Å²) >= 11 is 0. The molecule has 0 saturated heterocycles. The molecule has 0 bridgehead atoms. The number of ether oxygens (including phenoxy) is 2. The zero-order valence-corrected chi connectivity index (χ0v) is 14.0. The van der Waals surface area contributed by atoms with E-state index in [1.165, 1.54) is 14.2 Å². The fraction of sp³-hybridized carbons (Fsp3) is 0.389. The molecule has 2 aromatic rings. The lowest BCUT2D eigenvalue weighted by molar-refractivity contribution is 0.305. The second kappa shape index (κ2) is 6.36. The SMILES string of the molecule is CC#Cc1cc(OC)c(-c2c(O)n3n(c2=O)CCCC3)c(OC)c1. The number of aromatic hydroxyl groups is 1. The maximum absolute atomic E-state index is 12.8. The quantitative estimate of drug-likeness (QED) is 0.877. The van der Waals surface area contributed by atoms with Gasteiger partial charge in [-0.3, -0.25) is 9.48 Å². The van der Waals surface area contributed by atoms with Crippen molar-refractivity contribution < 1.29 is 14.6 Å². The summed E-state index contributed by atoms with van der Waals surface area (Å²) in [6, 6.07) is 3.49. The van der Waals surface area contributed by atoms with E-state index < -0.39 is 0 Å². The van der Waals surface area contributed by atoms with E-state index in [2.05, 4.69) is 11.8 Å². The molecule has 0 radical (unpaired) electrons. The van der Waals surface area contributed by atoms with Crippen LogP contribution in [0.15, 0.2) is 16.9 Å². The third kappa shape index (κ3) is 2.42. The summed E-state index contributed by atoms with van der Waals surface area (Å²) in [5, 5.41) is 10.6. The van der Waals surface area contributed by atoms with Crippen molar-refractivity contribution in [3.05, 3.63) is 28.0 Å². The van der Waals surface area contributed by atoms with Gasteiger partial charge in [-0.05, 0) is 31.9 Å². The molecule has 1 aliphatic rings. The van der Waals surface area contributed by atoms with E-state index in [0.717, 1.165) is 18.4 Å². The fourth-order valence-electron chi connectivity index (χ4n) is 3.14. The van der Waals surface area contributed by atoms with Gasteiger partial charge in [-0.15, -0.1) is 5.92 Å². The van der Waals surface area contributed by atoms with Crippen LogP contribution < -0.4 is 15.0 Å². The van der Waals surface area contributed by atoms with Crippen LogP contribution in [0.3, 0.4) is 0 Å². The molecular formula is C18H20N2O4. The molecule has 6 nitrogen and oxygen atoms in total. The zero-order valence-electron chi connectivity index (χ0n) is 14.0. The van der Waals surface area contributed by atoms with Crippen LogP contribution in [-0.4, -0.2) is 28.7 Å². The molecule has 0 fully saturated rings. The van der Waals surface area contributed by atoms with Crippen molar-refractivity contribution >= 4 is 0 Å². The molecule has 126 valence electrons. The molecule has 0 aliphatic carbocycles. The summed E-state index contributed by atoms with van der Waals surface area (Å²) in [6.07, 6.45) is 1.85. The Balaban J connectivity index is 2.32. The Morgan fingerprint density at radius 1 is 1.04 bits per heavy atom. The van der Waals surface area contributed by atoms with E-state index in [-0.39, 0.29) is 17.0 Å². The first kappa shape index (κ1) is 16.1. The molecule has 2 heterocycles. The van der Waals surface area contributed by atoms with Gasteiger partial charge in [0, 0.05) is 18.7 Å². The predicted octanol–water partition coefficient (Wildman–Crippen LogP) is 2.20. The summed E-state index contributed by atoms with van der Waals surface area (Å²) in [5.41, 5.74) is 1.15. The van der Waals surface area contributed by atoms with Gasteiger partial charge in [-0.25, -0.2) is 4.68 Å². The minimum Gasteiger partial charge on any atom is -0.496 e. The second-order valence-electron chi connectivity index (χ2n) is 5.59. The van der Waals surface area contributed by atoms with Crippen LogP contribution in [0, 0.1) is 11.8 Å². The summed E-state index contributed by atoms with van der Waals surface area (Å²) in [5.74, 6) is 6.62. The Morgan fingerprint density at radius 3 is 2.12 bits per heavy atom. The van der Waals surface area contributed by atoms with Gasteiger partial charge in [0.15, 0.2) is 0 Å². The monoisotopic (exact) mass is 328 g/mol. The Hall–Kier alpha value is -2.81. The zero-order chi connectivity index (χ0) is 17.3. The van der Waals surface area contributed by atoms with Gasteiger partial charge in [0.1, 0.15) is 17.1 Å². The van der Waals surface area contributed by atoms with Gasteiger partial charge in [0.25, 0.3) is 5.56 Å². The predicted molar refractivity (Wildman–Crippen MR) is 90.7 cm³/mol. The molecule has 6 heteroatoms. The molecule has 1 aromatic carbocycles. The highest BCUT2D eigenvalue weighted by atomic mass is 16.5. The molecule has 0 atom stereocenters. The van der Waals surface area contributed by atoms with E-state index in [1.54, 1.807) is 28.4 Å². The number of hydrogen-bond donors (Lipinski definition) is 1.